The standard InChI is InChI=1S/C8H8N2O2/c1-5-7-6(9-4-12-7)3-10(2)8(5)11/h3-4H,1-2H3. The summed E-state index contributed by atoms with van der Waals surface area (Å²) in [4.78, 5) is 15.3. The van der Waals surface area contributed by atoms with Gasteiger partial charge in [0.05, 0.1) is 5.56 Å². The van der Waals surface area contributed by atoms with E-state index in [-0.39, 0.29) is 5.56 Å². The first-order chi connectivity index (χ1) is 5.70. The van der Waals surface area contributed by atoms with Gasteiger partial charge in [-0.1, -0.05) is 0 Å². The molecule has 0 spiro atoms. The van der Waals surface area contributed by atoms with Crippen molar-refractivity contribution in [3.8, 4) is 0 Å². The first-order valence-corrected chi connectivity index (χ1v) is 3.59. The number of pyridine rings is 1. The molecule has 4 heteroatoms. The molecule has 2 aromatic heterocycles. The van der Waals surface area contributed by atoms with E-state index in [4.69, 9.17) is 4.42 Å². The zero-order chi connectivity index (χ0) is 8.72. The van der Waals surface area contributed by atoms with Gasteiger partial charge >= 0.3 is 0 Å². The van der Waals surface area contributed by atoms with Gasteiger partial charge in [0.15, 0.2) is 12.0 Å². The molecule has 0 aliphatic heterocycles. The average Bonchev–Trinajstić information content (AvgIpc) is 2.48. The Kier molecular flexibility index (Phi) is 1.30. The molecule has 0 fully saturated rings. The molecular weight excluding hydrogens is 156 g/mol. The van der Waals surface area contributed by atoms with Gasteiger partial charge in [-0.3, -0.25) is 4.79 Å². The number of nitrogens with zero attached hydrogens (tertiary/aromatic N) is 2. The molecule has 0 unspecified atom stereocenters. The highest BCUT2D eigenvalue weighted by molar-refractivity contribution is 5.74. The second kappa shape index (κ2) is 2.20. The molecule has 0 atom stereocenters. The zero-order valence-electron chi connectivity index (χ0n) is 6.87. The summed E-state index contributed by atoms with van der Waals surface area (Å²) in [5.41, 5.74) is 1.86. The van der Waals surface area contributed by atoms with E-state index in [0.29, 0.717) is 11.1 Å². The van der Waals surface area contributed by atoms with Crippen molar-refractivity contribution in [1.29, 1.82) is 0 Å². The predicted molar refractivity (Wildman–Crippen MR) is 44.0 cm³/mol. The van der Waals surface area contributed by atoms with Crippen molar-refractivity contribution in [2.45, 2.75) is 6.92 Å². The Morgan fingerprint density at radius 3 is 3.08 bits per heavy atom. The smallest absolute Gasteiger partial charge is 0.257 e. The second-order valence-corrected chi connectivity index (χ2v) is 2.74. The van der Waals surface area contributed by atoms with Crippen molar-refractivity contribution in [2.75, 3.05) is 0 Å². The minimum absolute atomic E-state index is 0.0424. The third-order valence-corrected chi connectivity index (χ3v) is 1.89. The zero-order valence-corrected chi connectivity index (χ0v) is 6.87. The SMILES string of the molecule is Cc1c(=O)n(C)cc2ncoc12. The molecule has 0 saturated carbocycles. The number of hydrogen-bond acceptors (Lipinski definition) is 3. The Hall–Kier alpha value is -1.58. The van der Waals surface area contributed by atoms with Crippen molar-refractivity contribution in [3.63, 3.8) is 0 Å². The lowest BCUT2D eigenvalue weighted by molar-refractivity contribution is 0.598. The highest BCUT2D eigenvalue weighted by atomic mass is 16.3. The lowest BCUT2D eigenvalue weighted by Gasteiger charge is -1.97. The summed E-state index contributed by atoms with van der Waals surface area (Å²) in [5, 5.41) is 0. The predicted octanol–water partition coefficient (Wildman–Crippen LogP) is 0.835. The molecule has 4 nitrogen and oxygen atoms in total. The van der Waals surface area contributed by atoms with Crippen LogP contribution in [0.1, 0.15) is 5.56 Å². The fourth-order valence-corrected chi connectivity index (χ4v) is 1.23. The summed E-state index contributed by atoms with van der Waals surface area (Å²) >= 11 is 0. The van der Waals surface area contributed by atoms with Gasteiger partial charge in [-0.05, 0) is 6.92 Å². The van der Waals surface area contributed by atoms with Gasteiger partial charge in [0.2, 0.25) is 0 Å². The maximum Gasteiger partial charge on any atom is 0.257 e. The molecule has 2 heterocycles. The van der Waals surface area contributed by atoms with Gasteiger partial charge in [0.1, 0.15) is 5.52 Å². The summed E-state index contributed by atoms with van der Waals surface area (Å²) in [6.07, 6.45) is 3.01. The summed E-state index contributed by atoms with van der Waals surface area (Å²) in [6.45, 7) is 1.73. The Balaban J connectivity index is 3.05. The van der Waals surface area contributed by atoms with Crippen LogP contribution in [0.2, 0.25) is 0 Å². The van der Waals surface area contributed by atoms with Gasteiger partial charge in [-0.2, -0.15) is 0 Å². The van der Waals surface area contributed by atoms with Gasteiger partial charge in [0.25, 0.3) is 5.56 Å². The van der Waals surface area contributed by atoms with Crippen LogP contribution in [0.25, 0.3) is 11.1 Å². The average molecular weight is 164 g/mol. The van der Waals surface area contributed by atoms with Crippen molar-refractivity contribution in [1.82, 2.24) is 9.55 Å². The van der Waals surface area contributed by atoms with Gasteiger partial charge in [-0.15, -0.1) is 0 Å². The topological polar surface area (TPSA) is 48.0 Å². The molecular formula is C8H8N2O2. The molecule has 0 N–H and O–H groups in total. The van der Waals surface area contributed by atoms with Crippen LogP contribution in [0.15, 0.2) is 21.8 Å². The van der Waals surface area contributed by atoms with Crippen LogP contribution < -0.4 is 5.56 Å². The monoisotopic (exact) mass is 164 g/mol. The molecule has 0 saturated heterocycles. The highest BCUT2D eigenvalue weighted by Crippen LogP contribution is 2.11. The first kappa shape index (κ1) is 7.09. The van der Waals surface area contributed by atoms with Crippen molar-refractivity contribution in [3.05, 3.63) is 28.5 Å². The number of oxazole rings is 1. The van der Waals surface area contributed by atoms with Crippen molar-refractivity contribution < 1.29 is 4.42 Å². The lowest BCUT2D eigenvalue weighted by Crippen LogP contribution is -2.18. The molecule has 62 valence electrons. The van der Waals surface area contributed by atoms with E-state index in [1.54, 1.807) is 20.2 Å². The van der Waals surface area contributed by atoms with Crippen LogP contribution in [0.3, 0.4) is 0 Å². The first-order valence-electron chi connectivity index (χ1n) is 3.59. The summed E-state index contributed by atoms with van der Waals surface area (Å²) in [5.74, 6) is 0. The van der Waals surface area contributed by atoms with E-state index in [2.05, 4.69) is 4.98 Å². The van der Waals surface area contributed by atoms with Crippen LogP contribution in [0.4, 0.5) is 0 Å². The van der Waals surface area contributed by atoms with E-state index < -0.39 is 0 Å². The minimum atomic E-state index is -0.0424. The van der Waals surface area contributed by atoms with Crippen LogP contribution in [0, 0.1) is 6.92 Å². The Morgan fingerprint density at radius 1 is 1.58 bits per heavy atom. The van der Waals surface area contributed by atoms with Crippen LogP contribution >= 0.6 is 0 Å². The quantitative estimate of drug-likeness (QED) is 0.579. The van der Waals surface area contributed by atoms with Crippen LogP contribution in [-0.2, 0) is 7.05 Å². The molecule has 0 radical (unpaired) electrons. The fourth-order valence-electron chi connectivity index (χ4n) is 1.23. The molecule has 2 aromatic rings. The third kappa shape index (κ3) is 0.777. The van der Waals surface area contributed by atoms with Crippen molar-refractivity contribution >= 4 is 11.1 Å². The van der Waals surface area contributed by atoms with E-state index in [0.717, 1.165) is 5.52 Å². The summed E-state index contributed by atoms with van der Waals surface area (Å²) < 4.78 is 6.56. The summed E-state index contributed by atoms with van der Waals surface area (Å²) in [6, 6.07) is 0. The molecule has 12 heavy (non-hydrogen) atoms. The lowest BCUT2D eigenvalue weighted by atomic mass is 10.3. The fraction of sp³-hybridized carbons (Fsp3) is 0.250. The van der Waals surface area contributed by atoms with Gasteiger partial charge < -0.3 is 8.98 Å². The maximum atomic E-state index is 11.4. The van der Waals surface area contributed by atoms with Crippen molar-refractivity contribution in [2.24, 2.45) is 7.05 Å². The van der Waals surface area contributed by atoms with Gasteiger partial charge in [-0.25, -0.2) is 4.98 Å². The van der Waals surface area contributed by atoms with E-state index in [1.165, 1.54) is 11.0 Å². The number of rotatable bonds is 0. The van der Waals surface area contributed by atoms with E-state index in [1.807, 2.05) is 0 Å². The Morgan fingerprint density at radius 2 is 2.33 bits per heavy atom. The van der Waals surface area contributed by atoms with Gasteiger partial charge in [0, 0.05) is 13.2 Å². The molecule has 0 aliphatic carbocycles. The second-order valence-electron chi connectivity index (χ2n) is 2.74. The summed E-state index contributed by atoms with van der Waals surface area (Å²) in [7, 11) is 1.70. The molecule has 0 amide bonds. The Bertz CT molecular complexity index is 481. The third-order valence-electron chi connectivity index (χ3n) is 1.89. The number of hydrogen-bond donors (Lipinski definition) is 0. The molecule has 0 aromatic carbocycles. The minimum Gasteiger partial charge on any atom is -0.443 e. The Labute approximate surface area is 68.4 Å². The largest absolute Gasteiger partial charge is 0.443 e. The maximum absolute atomic E-state index is 11.4. The van der Waals surface area contributed by atoms with Crippen LogP contribution in [-0.4, -0.2) is 9.55 Å². The highest BCUT2D eigenvalue weighted by Gasteiger charge is 2.06. The normalized spacial score (nSPS) is 10.8. The molecule has 0 aliphatic rings. The number of fused-ring (bicyclic) bond motifs is 1. The van der Waals surface area contributed by atoms with Crippen LogP contribution in [0.5, 0.6) is 0 Å². The number of aryl methyl sites for hydroxylation is 2. The van der Waals surface area contributed by atoms with E-state index >= 15 is 0 Å². The molecule has 2 rings (SSSR count). The molecule has 0 bridgehead atoms. The van der Waals surface area contributed by atoms with E-state index in [9.17, 15) is 4.79 Å². The number of aromatic nitrogens is 2.